The van der Waals surface area contributed by atoms with Crippen LogP contribution in [-0.4, -0.2) is 25.1 Å². The Labute approximate surface area is 175 Å². The second-order valence-electron chi connectivity index (χ2n) is 6.96. The highest BCUT2D eigenvalue weighted by molar-refractivity contribution is 5.76. The molecule has 6 nitrogen and oxygen atoms in total. The summed E-state index contributed by atoms with van der Waals surface area (Å²) < 4.78 is 29.6. The van der Waals surface area contributed by atoms with Crippen molar-refractivity contribution in [3.63, 3.8) is 0 Å². The van der Waals surface area contributed by atoms with Gasteiger partial charge in [0.05, 0.1) is 20.4 Å². The Hall–Kier alpha value is -3.35. The van der Waals surface area contributed by atoms with Gasteiger partial charge in [0.25, 0.3) is 0 Å². The number of hydrogen-bond donors (Lipinski definition) is 1. The summed E-state index contributed by atoms with van der Waals surface area (Å²) in [5, 5.41) is 2.80. The van der Waals surface area contributed by atoms with Crippen LogP contribution in [0.3, 0.4) is 0 Å². The van der Waals surface area contributed by atoms with Gasteiger partial charge in [0.15, 0.2) is 11.7 Å². The Kier molecular flexibility index (Phi) is 7.06. The van der Waals surface area contributed by atoms with Crippen molar-refractivity contribution >= 4 is 5.91 Å². The summed E-state index contributed by atoms with van der Waals surface area (Å²) in [4.78, 5) is 16.6. The summed E-state index contributed by atoms with van der Waals surface area (Å²) in [7, 11) is 3.13. The van der Waals surface area contributed by atoms with Gasteiger partial charge in [-0.25, -0.2) is 9.37 Å². The van der Waals surface area contributed by atoms with Crippen molar-refractivity contribution in [3.05, 3.63) is 65.9 Å². The molecule has 1 atom stereocenters. The molecule has 1 aromatic heterocycles. The number of hydrogen-bond acceptors (Lipinski definition) is 5. The van der Waals surface area contributed by atoms with Crippen LogP contribution in [0.15, 0.2) is 53.1 Å². The number of benzene rings is 2. The molecule has 0 saturated carbocycles. The zero-order chi connectivity index (χ0) is 21.5. The maximum atomic E-state index is 13.4. The molecule has 7 heteroatoms. The van der Waals surface area contributed by atoms with Gasteiger partial charge in [-0.05, 0) is 48.9 Å². The SMILES string of the molecule is COc1ccc(-c2cnc(C(C)CCC(=O)NCc3cc(F)ccc3OC)o2)cc1. The van der Waals surface area contributed by atoms with E-state index >= 15 is 0 Å². The molecule has 1 amide bonds. The molecule has 0 aliphatic carbocycles. The summed E-state index contributed by atoms with van der Waals surface area (Å²) in [6, 6.07) is 11.8. The first-order valence-electron chi connectivity index (χ1n) is 9.69. The van der Waals surface area contributed by atoms with E-state index in [0.717, 1.165) is 11.3 Å². The van der Waals surface area contributed by atoms with Crippen LogP contribution in [0.2, 0.25) is 0 Å². The van der Waals surface area contributed by atoms with E-state index in [-0.39, 0.29) is 24.2 Å². The van der Waals surface area contributed by atoms with E-state index in [9.17, 15) is 9.18 Å². The number of carbonyl (C=O) groups excluding carboxylic acids is 1. The Morgan fingerprint density at radius 1 is 1.17 bits per heavy atom. The normalized spacial score (nSPS) is 11.7. The highest BCUT2D eigenvalue weighted by Crippen LogP contribution is 2.27. The first-order chi connectivity index (χ1) is 14.5. The van der Waals surface area contributed by atoms with E-state index in [1.54, 1.807) is 19.4 Å². The highest BCUT2D eigenvalue weighted by atomic mass is 19.1. The molecule has 0 bridgehead atoms. The lowest BCUT2D eigenvalue weighted by Gasteiger charge is -2.11. The number of oxazole rings is 1. The molecule has 0 spiro atoms. The number of ether oxygens (including phenoxy) is 2. The molecule has 30 heavy (non-hydrogen) atoms. The van der Waals surface area contributed by atoms with Gasteiger partial charge >= 0.3 is 0 Å². The summed E-state index contributed by atoms with van der Waals surface area (Å²) in [6.07, 6.45) is 2.57. The molecule has 3 rings (SSSR count). The number of carbonyl (C=O) groups is 1. The van der Waals surface area contributed by atoms with Crippen molar-refractivity contribution in [1.82, 2.24) is 10.3 Å². The van der Waals surface area contributed by atoms with Gasteiger partial charge < -0.3 is 19.2 Å². The predicted octanol–water partition coefficient (Wildman–Crippen LogP) is 4.70. The van der Waals surface area contributed by atoms with Gasteiger partial charge in [0.2, 0.25) is 5.91 Å². The molecule has 0 fully saturated rings. The van der Waals surface area contributed by atoms with Crippen molar-refractivity contribution in [2.45, 2.75) is 32.2 Å². The van der Waals surface area contributed by atoms with Gasteiger partial charge in [-0.15, -0.1) is 0 Å². The molecule has 0 radical (unpaired) electrons. The lowest BCUT2D eigenvalue weighted by atomic mass is 10.1. The fourth-order valence-corrected chi connectivity index (χ4v) is 3.04. The second kappa shape index (κ2) is 9.91. The minimum absolute atomic E-state index is 0.0218. The van der Waals surface area contributed by atoms with E-state index < -0.39 is 0 Å². The number of amides is 1. The molecule has 3 aromatic rings. The Bertz CT molecular complexity index is 985. The van der Waals surface area contributed by atoms with Crippen molar-refractivity contribution in [2.75, 3.05) is 14.2 Å². The minimum atomic E-state index is -0.370. The minimum Gasteiger partial charge on any atom is -0.497 e. The molecule has 0 aliphatic rings. The van der Waals surface area contributed by atoms with E-state index in [2.05, 4.69) is 10.3 Å². The zero-order valence-electron chi connectivity index (χ0n) is 17.3. The fourth-order valence-electron chi connectivity index (χ4n) is 3.04. The van der Waals surface area contributed by atoms with E-state index in [1.807, 2.05) is 31.2 Å². The van der Waals surface area contributed by atoms with Crippen LogP contribution >= 0.6 is 0 Å². The molecule has 0 aliphatic heterocycles. The predicted molar refractivity (Wildman–Crippen MR) is 111 cm³/mol. The van der Waals surface area contributed by atoms with Crippen LogP contribution in [-0.2, 0) is 11.3 Å². The first-order valence-corrected chi connectivity index (χ1v) is 9.69. The van der Waals surface area contributed by atoms with Crippen LogP contribution < -0.4 is 14.8 Å². The average molecular weight is 412 g/mol. The fraction of sp³-hybridized carbons (Fsp3) is 0.304. The van der Waals surface area contributed by atoms with Crippen molar-refractivity contribution in [1.29, 1.82) is 0 Å². The van der Waals surface area contributed by atoms with Gasteiger partial charge in [-0.2, -0.15) is 0 Å². The molecule has 1 heterocycles. The quantitative estimate of drug-likeness (QED) is 0.552. The number of nitrogens with zero attached hydrogens (tertiary/aromatic N) is 1. The maximum absolute atomic E-state index is 13.4. The number of rotatable bonds is 9. The first kappa shape index (κ1) is 21.4. The molecule has 1 N–H and O–H groups in total. The third-order valence-corrected chi connectivity index (χ3v) is 4.84. The maximum Gasteiger partial charge on any atom is 0.220 e. The van der Waals surface area contributed by atoms with Crippen LogP contribution in [0.4, 0.5) is 4.39 Å². The summed E-state index contributed by atoms with van der Waals surface area (Å²) in [5.41, 5.74) is 1.50. The zero-order valence-corrected chi connectivity index (χ0v) is 17.3. The molecule has 0 saturated heterocycles. The van der Waals surface area contributed by atoms with E-state index in [0.29, 0.717) is 35.8 Å². The standard InChI is InChI=1S/C23H25FN2O4/c1-15(23-26-14-21(30-23)16-5-8-19(28-2)9-6-16)4-11-22(27)25-13-17-12-18(24)7-10-20(17)29-3/h5-10,12,14-15H,4,11,13H2,1-3H3,(H,25,27). The highest BCUT2D eigenvalue weighted by Gasteiger charge is 2.16. The molecule has 158 valence electrons. The van der Waals surface area contributed by atoms with Crippen molar-refractivity contribution in [2.24, 2.45) is 0 Å². The van der Waals surface area contributed by atoms with Gasteiger partial charge in [0, 0.05) is 30.0 Å². The van der Waals surface area contributed by atoms with Crippen LogP contribution in [0.25, 0.3) is 11.3 Å². The topological polar surface area (TPSA) is 73.6 Å². The second-order valence-corrected chi connectivity index (χ2v) is 6.96. The summed E-state index contributed by atoms with van der Waals surface area (Å²) in [6.45, 7) is 2.17. The van der Waals surface area contributed by atoms with Gasteiger partial charge in [-0.1, -0.05) is 6.92 Å². The molecule has 1 unspecified atom stereocenters. The van der Waals surface area contributed by atoms with Crippen LogP contribution in [0.5, 0.6) is 11.5 Å². The van der Waals surface area contributed by atoms with E-state index in [1.165, 1.54) is 19.2 Å². The smallest absolute Gasteiger partial charge is 0.220 e. The molecular weight excluding hydrogens is 387 g/mol. The number of methoxy groups -OCH3 is 2. The lowest BCUT2D eigenvalue weighted by molar-refractivity contribution is -0.121. The third-order valence-electron chi connectivity index (χ3n) is 4.84. The third kappa shape index (κ3) is 5.37. The Morgan fingerprint density at radius 3 is 2.63 bits per heavy atom. The summed E-state index contributed by atoms with van der Waals surface area (Å²) >= 11 is 0. The van der Waals surface area contributed by atoms with Crippen molar-refractivity contribution in [3.8, 4) is 22.8 Å². The van der Waals surface area contributed by atoms with Gasteiger partial charge in [0.1, 0.15) is 17.3 Å². The van der Waals surface area contributed by atoms with Crippen LogP contribution in [0, 0.1) is 5.82 Å². The lowest BCUT2D eigenvalue weighted by Crippen LogP contribution is -2.23. The monoisotopic (exact) mass is 412 g/mol. The number of nitrogens with one attached hydrogen (secondary N) is 1. The molecular formula is C23H25FN2O4. The van der Waals surface area contributed by atoms with Gasteiger partial charge in [-0.3, -0.25) is 4.79 Å². The Balaban J connectivity index is 1.51. The van der Waals surface area contributed by atoms with E-state index in [4.69, 9.17) is 13.9 Å². The molecule has 2 aromatic carbocycles. The average Bonchev–Trinajstić information content (AvgIpc) is 3.26. The summed E-state index contributed by atoms with van der Waals surface area (Å²) in [5.74, 6) is 2.04. The number of halogens is 1. The number of aromatic nitrogens is 1. The largest absolute Gasteiger partial charge is 0.497 e. The van der Waals surface area contributed by atoms with Crippen LogP contribution in [0.1, 0.15) is 37.1 Å². The Morgan fingerprint density at radius 2 is 1.93 bits per heavy atom. The van der Waals surface area contributed by atoms with Crippen molar-refractivity contribution < 1.29 is 23.1 Å².